The van der Waals surface area contributed by atoms with Crippen molar-refractivity contribution in [1.29, 1.82) is 0 Å². The van der Waals surface area contributed by atoms with Crippen molar-refractivity contribution in [1.82, 2.24) is 4.90 Å². The molecule has 2 aliphatic rings. The fourth-order valence-electron chi connectivity index (χ4n) is 3.78. The molecule has 2 saturated carbocycles. The molecule has 0 bridgehead atoms. The zero-order valence-electron chi connectivity index (χ0n) is 12.3. The summed E-state index contributed by atoms with van der Waals surface area (Å²) in [5, 5.41) is 9.28. The zero-order valence-corrected chi connectivity index (χ0v) is 12.3. The summed E-state index contributed by atoms with van der Waals surface area (Å²) < 4.78 is 0. The lowest BCUT2D eigenvalue weighted by atomic mass is 9.98. The second-order valence-electron chi connectivity index (χ2n) is 6.89. The van der Waals surface area contributed by atoms with Gasteiger partial charge >= 0.3 is 5.97 Å². The number of carbonyl (C=O) groups is 1. The van der Waals surface area contributed by atoms with Gasteiger partial charge in [-0.3, -0.25) is 9.69 Å². The quantitative estimate of drug-likeness (QED) is 0.802. The van der Waals surface area contributed by atoms with E-state index in [0.29, 0.717) is 30.8 Å². The van der Waals surface area contributed by atoms with E-state index in [-0.39, 0.29) is 0 Å². The molecule has 4 nitrogen and oxygen atoms in total. The number of carboxylic acid groups (broad SMARTS) is 1. The summed E-state index contributed by atoms with van der Waals surface area (Å²) in [4.78, 5) is 13.9. The van der Waals surface area contributed by atoms with Gasteiger partial charge in [0.05, 0.1) is 0 Å². The van der Waals surface area contributed by atoms with Crippen LogP contribution in [0.15, 0.2) is 0 Å². The summed E-state index contributed by atoms with van der Waals surface area (Å²) in [6, 6.07) is 1.02. The van der Waals surface area contributed by atoms with Crippen LogP contribution in [0.4, 0.5) is 0 Å². The van der Waals surface area contributed by atoms with Gasteiger partial charge in [-0.1, -0.05) is 26.7 Å². The van der Waals surface area contributed by atoms with Crippen molar-refractivity contribution in [3.8, 4) is 0 Å². The van der Waals surface area contributed by atoms with Crippen LogP contribution >= 0.6 is 0 Å². The summed E-state index contributed by atoms with van der Waals surface area (Å²) in [6.07, 6.45) is 7.35. The van der Waals surface area contributed by atoms with Crippen LogP contribution in [-0.4, -0.2) is 40.1 Å². The molecule has 0 heterocycles. The smallest absolute Gasteiger partial charge is 0.323 e. The molecule has 2 atom stereocenters. The van der Waals surface area contributed by atoms with Crippen LogP contribution in [0.3, 0.4) is 0 Å². The van der Waals surface area contributed by atoms with E-state index in [0.717, 1.165) is 13.0 Å². The lowest BCUT2D eigenvalue weighted by Gasteiger charge is -2.36. The van der Waals surface area contributed by atoms with E-state index in [1.807, 2.05) is 0 Å². The zero-order chi connectivity index (χ0) is 14.0. The van der Waals surface area contributed by atoms with Crippen LogP contribution in [0.25, 0.3) is 0 Å². The van der Waals surface area contributed by atoms with Gasteiger partial charge in [0, 0.05) is 18.6 Å². The Morgan fingerprint density at radius 2 is 1.95 bits per heavy atom. The molecular weight excluding hydrogens is 240 g/mol. The van der Waals surface area contributed by atoms with E-state index >= 15 is 0 Å². The third kappa shape index (κ3) is 3.29. The minimum atomic E-state index is -0.988. The third-order valence-electron chi connectivity index (χ3n) is 4.79. The Balaban J connectivity index is 2.05. The molecule has 0 aromatic heterocycles. The maximum Gasteiger partial charge on any atom is 0.323 e. The average Bonchev–Trinajstić information content (AvgIpc) is 2.95. The van der Waals surface area contributed by atoms with Crippen molar-refractivity contribution >= 4 is 5.97 Å². The number of aliphatic carboxylic acids is 1. The molecule has 4 heteroatoms. The van der Waals surface area contributed by atoms with Crippen LogP contribution < -0.4 is 5.73 Å². The Kier molecular flexibility index (Phi) is 4.51. The van der Waals surface area contributed by atoms with Crippen molar-refractivity contribution in [2.24, 2.45) is 11.7 Å². The molecule has 0 spiro atoms. The van der Waals surface area contributed by atoms with E-state index in [9.17, 15) is 9.90 Å². The highest BCUT2D eigenvalue weighted by molar-refractivity contribution is 5.79. The second kappa shape index (κ2) is 5.80. The molecule has 2 aliphatic carbocycles. The number of rotatable bonds is 5. The fourth-order valence-corrected chi connectivity index (χ4v) is 3.78. The van der Waals surface area contributed by atoms with Crippen molar-refractivity contribution in [3.05, 3.63) is 0 Å². The Labute approximate surface area is 116 Å². The van der Waals surface area contributed by atoms with Crippen LogP contribution in [0.5, 0.6) is 0 Å². The second-order valence-corrected chi connectivity index (χ2v) is 6.89. The maximum atomic E-state index is 11.3. The predicted octanol–water partition coefficient (Wildman–Crippen LogP) is 2.22. The van der Waals surface area contributed by atoms with Crippen molar-refractivity contribution < 1.29 is 9.90 Å². The van der Waals surface area contributed by atoms with E-state index in [4.69, 9.17) is 5.73 Å². The van der Waals surface area contributed by atoms with E-state index < -0.39 is 11.5 Å². The topological polar surface area (TPSA) is 66.6 Å². The predicted molar refractivity (Wildman–Crippen MR) is 76.0 cm³/mol. The normalized spacial score (nSPS) is 32.6. The van der Waals surface area contributed by atoms with E-state index in [1.165, 1.54) is 25.7 Å². The molecule has 19 heavy (non-hydrogen) atoms. The molecule has 0 saturated heterocycles. The largest absolute Gasteiger partial charge is 0.480 e. The van der Waals surface area contributed by atoms with Crippen molar-refractivity contribution in [2.45, 2.75) is 76.4 Å². The molecule has 0 aliphatic heterocycles. The fraction of sp³-hybridized carbons (Fsp3) is 0.933. The molecule has 110 valence electrons. The lowest BCUT2D eigenvalue weighted by Crippen LogP contribution is -2.49. The molecule has 2 fully saturated rings. The first-order valence-corrected chi connectivity index (χ1v) is 7.70. The molecular formula is C15H28N2O2. The first-order valence-electron chi connectivity index (χ1n) is 7.70. The van der Waals surface area contributed by atoms with E-state index in [2.05, 4.69) is 18.7 Å². The molecule has 0 aromatic carbocycles. The molecule has 0 amide bonds. The standard InChI is InChI=1S/C15H28N2O2/c1-11(2)10-17(12-5-3-4-6-12)13-7-8-15(16,9-13)14(18)19/h11-13H,3-10,16H2,1-2H3,(H,18,19). The lowest BCUT2D eigenvalue weighted by molar-refractivity contribution is -0.143. The van der Waals surface area contributed by atoms with Gasteiger partial charge in [-0.05, 0) is 38.0 Å². The first-order chi connectivity index (χ1) is 8.92. The van der Waals surface area contributed by atoms with Crippen LogP contribution in [0, 0.1) is 5.92 Å². The Hall–Kier alpha value is -0.610. The molecule has 0 aromatic rings. The summed E-state index contributed by atoms with van der Waals surface area (Å²) in [5.74, 6) is -0.205. The molecule has 2 unspecified atom stereocenters. The van der Waals surface area contributed by atoms with Gasteiger partial charge in [0.1, 0.15) is 5.54 Å². The van der Waals surface area contributed by atoms with Gasteiger partial charge in [0.2, 0.25) is 0 Å². The van der Waals surface area contributed by atoms with Crippen molar-refractivity contribution in [2.75, 3.05) is 6.54 Å². The number of hydrogen-bond acceptors (Lipinski definition) is 3. The Bertz CT molecular complexity index is 326. The van der Waals surface area contributed by atoms with Crippen molar-refractivity contribution in [3.63, 3.8) is 0 Å². The van der Waals surface area contributed by atoms with Crippen LogP contribution in [0.2, 0.25) is 0 Å². The maximum absolute atomic E-state index is 11.3. The highest BCUT2D eigenvalue weighted by atomic mass is 16.4. The summed E-state index contributed by atoms with van der Waals surface area (Å²) in [7, 11) is 0. The Morgan fingerprint density at radius 3 is 2.42 bits per heavy atom. The van der Waals surface area contributed by atoms with Gasteiger partial charge in [-0.2, -0.15) is 0 Å². The van der Waals surface area contributed by atoms with Gasteiger partial charge in [-0.25, -0.2) is 0 Å². The van der Waals surface area contributed by atoms with Gasteiger partial charge in [0.25, 0.3) is 0 Å². The van der Waals surface area contributed by atoms with Gasteiger partial charge in [0.15, 0.2) is 0 Å². The number of nitrogens with two attached hydrogens (primary N) is 1. The van der Waals surface area contributed by atoms with E-state index in [1.54, 1.807) is 0 Å². The Morgan fingerprint density at radius 1 is 1.32 bits per heavy atom. The SMILES string of the molecule is CC(C)CN(C1CCCC1)C1CCC(N)(C(=O)O)C1. The summed E-state index contributed by atoms with van der Waals surface area (Å²) in [5.41, 5.74) is 5.05. The van der Waals surface area contributed by atoms with Crippen LogP contribution in [0.1, 0.15) is 58.8 Å². The molecule has 2 rings (SSSR count). The van der Waals surface area contributed by atoms with Gasteiger partial charge < -0.3 is 10.8 Å². The number of nitrogens with zero attached hydrogens (tertiary/aromatic N) is 1. The van der Waals surface area contributed by atoms with Crippen LogP contribution in [-0.2, 0) is 4.79 Å². The minimum Gasteiger partial charge on any atom is -0.480 e. The molecule has 0 radical (unpaired) electrons. The summed E-state index contributed by atoms with van der Waals surface area (Å²) >= 11 is 0. The third-order valence-corrected chi connectivity index (χ3v) is 4.79. The monoisotopic (exact) mass is 268 g/mol. The first kappa shape index (κ1) is 14.8. The highest BCUT2D eigenvalue weighted by Gasteiger charge is 2.45. The molecule has 3 N–H and O–H groups in total. The minimum absolute atomic E-state index is 0.367. The van der Waals surface area contributed by atoms with Gasteiger partial charge in [-0.15, -0.1) is 0 Å². The summed E-state index contributed by atoms with van der Waals surface area (Å²) in [6.45, 7) is 5.55. The average molecular weight is 268 g/mol. The number of hydrogen-bond donors (Lipinski definition) is 2. The highest BCUT2D eigenvalue weighted by Crippen LogP contribution is 2.36. The number of carboxylic acids is 1.